The van der Waals surface area contributed by atoms with Crippen molar-refractivity contribution in [3.05, 3.63) is 29.6 Å². The molecule has 1 rings (SSSR count). The smallest absolute Gasteiger partial charge is 0.222 e. The quantitative estimate of drug-likeness (QED) is 0.871. The number of nitrogens with zero attached hydrogens (tertiary/aromatic N) is 1. The summed E-state index contributed by atoms with van der Waals surface area (Å²) in [5.74, 6) is -0.452. The van der Waals surface area contributed by atoms with Crippen LogP contribution >= 0.6 is 0 Å². The molecule has 1 aromatic carbocycles. The van der Waals surface area contributed by atoms with Crippen LogP contribution in [-0.2, 0) is 4.79 Å². The number of hydrogen-bond donors (Lipinski definition) is 1. The molecule has 18 heavy (non-hydrogen) atoms. The van der Waals surface area contributed by atoms with E-state index in [2.05, 4.69) is 0 Å². The molecule has 100 valence electrons. The van der Waals surface area contributed by atoms with Gasteiger partial charge in [0.25, 0.3) is 0 Å². The highest BCUT2D eigenvalue weighted by Crippen LogP contribution is 2.24. The number of hydrogen-bond acceptors (Lipinski definition) is 3. The number of aliphatic hydroxyl groups is 1. The Morgan fingerprint density at radius 2 is 2.17 bits per heavy atom. The van der Waals surface area contributed by atoms with E-state index in [0.29, 0.717) is 5.56 Å². The number of carbonyl (C=O) groups excluding carboxylic acids is 1. The Morgan fingerprint density at radius 1 is 1.50 bits per heavy atom. The van der Waals surface area contributed by atoms with Gasteiger partial charge in [0.1, 0.15) is 0 Å². The maximum absolute atomic E-state index is 13.4. The molecule has 0 spiro atoms. The van der Waals surface area contributed by atoms with E-state index in [1.54, 1.807) is 20.2 Å². The van der Waals surface area contributed by atoms with Crippen molar-refractivity contribution in [3.8, 4) is 5.75 Å². The van der Waals surface area contributed by atoms with Gasteiger partial charge in [-0.3, -0.25) is 4.79 Å². The summed E-state index contributed by atoms with van der Waals surface area (Å²) in [6.45, 7) is 0. The largest absolute Gasteiger partial charge is 0.494 e. The molecule has 0 bridgehead atoms. The highest BCUT2D eigenvalue weighted by atomic mass is 19.1. The van der Waals surface area contributed by atoms with E-state index in [0.717, 1.165) is 0 Å². The second-order valence-corrected chi connectivity index (χ2v) is 4.24. The predicted molar refractivity (Wildman–Crippen MR) is 65.8 cm³/mol. The molecule has 1 amide bonds. The number of methoxy groups -OCH3 is 1. The summed E-state index contributed by atoms with van der Waals surface area (Å²) in [7, 11) is 4.69. The first-order valence-corrected chi connectivity index (χ1v) is 5.67. The van der Waals surface area contributed by atoms with E-state index in [4.69, 9.17) is 4.74 Å². The van der Waals surface area contributed by atoms with Gasteiger partial charge in [0.2, 0.25) is 5.91 Å². The molecule has 0 aliphatic rings. The lowest BCUT2D eigenvalue weighted by Crippen LogP contribution is -2.21. The average molecular weight is 255 g/mol. The van der Waals surface area contributed by atoms with E-state index in [-0.39, 0.29) is 24.5 Å². The molecule has 0 aliphatic heterocycles. The van der Waals surface area contributed by atoms with Crippen LogP contribution < -0.4 is 4.74 Å². The Labute approximate surface area is 106 Å². The molecule has 0 fully saturated rings. The third kappa shape index (κ3) is 3.70. The molecule has 1 unspecified atom stereocenters. The van der Waals surface area contributed by atoms with Gasteiger partial charge in [-0.25, -0.2) is 4.39 Å². The second kappa shape index (κ2) is 6.35. The molecule has 0 heterocycles. The predicted octanol–water partition coefficient (Wildman–Crippen LogP) is 1.74. The van der Waals surface area contributed by atoms with Gasteiger partial charge in [0, 0.05) is 20.5 Å². The van der Waals surface area contributed by atoms with Crippen LogP contribution in [0.25, 0.3) is 0 Å². The molecule has 0 aromatic heterocycles. The maximum atomic E-state index is 13.4. The fourth-order valence-corrected chi connectivity index (χ4v) is 1.54. The fourth-order valence-electron chi connectivity index (χ4n) is 1.54. The Morgan fingerprint density at radius 3 is 2.67 bits per heavy atom. The van der Waals surface area contributed by atoms with Crippen molar-refractivity contribution in [2.24, 2.45) is 0 Å². The SMILES string of the molecule is COc1ccc(C(O)CCC(=O)N(C)C)cc1F. The van der Waals surface area contributed by atoms with Gasteiger partial charge in [-0.2, -0.15) is 0 Å². The zero-order valence-corrected chi connectivity index (χ0v) is 10.8. The van der Waals surface area contributed by atoms with Crippen LogP contribution in [0.1, 0.15) is 24.5 Å². The van der Waals surface area contributed by atoms with Gasteiger partial charge in [-0.05, 0) is 24.1 Å². The Bertz CT molecular complexity index is 421. The van der Waals surface area contributed by atoms with Crippen molar-refractivity contribution < 1.29 is 19.0 Å². The van der Waals surface area contributed by atoms with E-state index < -0.39 is 11.9 Å². The van der Waals surface area contributed by atoms with Gasteiger partial charge in [0.05, 0.1) is 13.2 Å². The fraction of sp³-hybridized carbons (Fsp3) is 0.462. The number of benzene rings is 1. The summed E-state index contributed by atoms with van der Waals surface area (Å²) < 4.78 is 18.2. The van der Waals surface area contributed by atoms with Crippen LogP contribution in [0.4, 0.5) is 4.39 Å². The number of halogens is 1. The molecule has 0 saturated carbocycles. The Hall–Kier alpha value is -1.62. The van der Waals surface area contributed by atoms with E-state index >= 15 is 0 Å². The first-order valence-electron chi connectivity index (χ1n) is 5.67. The third-order valence-electron chi connectivity index (χ3n) is 2.69. The first kappa shape index (κ1) is 14.4. The van der Waals surface area contributed by atoms with Gasteiger partial charge in [-0.15, -0.1) is 0 Å². The standard InChI is InChI=1S/C13H18FNO3/c1-15(2)13(17)7-5-11(16)9-4-6-12(18-3)10(14)8-9/h4,6,8,11,16H,5,7H2,1-3H3. The summed E-state index contributed by atoms with van der Waals surface area (Å²) in [5, 5.41) is 9.86. The molecule has 1 N–H and O–H groups in total. The maximum Gasteiger partial charge on any atom is 0.222 e. The van der Waals surface area contributed by atoms with Crippen molar-refractivity contribution in [3.63, 3.8) is 0 Å². The highest BCUT2D eigenvalue weighted by molar-refractivity contribution is 5.75. The monoisotopic (exact) mass is 255 g/mol. The van der Waals surface area contributed by atoms with Gasteiger partial charge >= 0.3 is 0 Å². The van der Waals surface area contributed by atoms with Crippen LogP contribution in [0, 0.1) is 5.82 Å². The normalized spacial score (nSPS) is 12.1. The zero-order chi connectivity index (χ0) is 13.7. The summed E-state index contributed by atoms with van der Waals surface area (Å²) >= 11 is 0. The zero-order valence-electron chi connectivity index (χ0n) is 10.8. The van der Waals surface area contributed by atoms with E-state index in [1.807, 2.05) is 0 Å². The summed E-state index contributed by atoms with van der Waals surface area (Å²) in [6, 6.07) is 4.28. The summed E-state index contributed by atoms with van der Waals surface area (Å²) in [6.07, 6.45) is -0.362. The first-order chi connectivity index (χ1) is 8.45. The van der Waals surface area contributed by atoms with Gasteiger partial charge in [0.15, 0.2) is 11.6 Å². The number of aliphatic hydroxyl groups excluding tert-OH is 1. The van der Waals surface area contributed by atoms with Crippen LogP contribution in [0.3, 0.4) is 0 Å². The summed E-state index contributed by atoms with van der Waals surface area (Å²) in [5.41, 5.74) is 0.444. The number of carbonyl (C=O) groups is 1. The van der Waals surface area contributed by atoms with Crippen LogP contribution in [0.15, 0.2) is 18.2 Å². The van der Waals surface area contributed by atoms with Crippen LogP contribution in [0.5, 0.6) is 5.75 Å². The second-order valence-electron chi connectivity index (χ2n) is 4.24. The van der Waals surface area contributed by atoms with E-state index in [9.17, 15) is 14.3 Å². The van der Waals surface area contributed by atoms with Crippen molar-refractivity contribution in [2.45, 2.75) is 18.9 Å². The lowest BCUT2D eigenvalue weighted by Gasteiger charge is -2.14. The molecule has 5 heteroatoms. The minimum absolute atomic E-state index is 0.0666. The minimum atomic E-state index is -0.852. The van der Waals surface area contributed by atoms with Crippen molar-refractivity contribution >= 4 is 5.91 Å². The van der Waals surface area contributed by atoms with Gasteiger partial charge in [-0.1, -0.05) is 6.07 Å². The Kier molecular flexibility index (Phi) is 5.09. The molecular weight excluding hydrogens is 237 g/mol. The van der Waals surface area contributed by atoms with Crippen LogP contribution in [0.2, 0.25) is 0 Å². The Balaban J connectivity index is 2.64. The lowest BCUT2D eigenvalue weighted by atomic mass is 10.0. The minimum Gasteiger partial charge on any atom is -0.494 e. The topological polar surface area (TPSA) is 49.8 Å². The van der Waals surface area contributed by atoms with Gasteiger partial charge < -0.3 is 14.7 Å². The van der Waals surface area contributed by atoms with Crippen molar-refractivity contribution in [1.29, 1.82) is 0 Å². The molecule has 4 nitrogen and oxygen atoms in total. The third-order valence-corrected chi connectivity index (χ3v) is 2.69. The lowest BCUT2D eigenvalue weighted by molar-refractivity contribution is -0.129. The van der Waals surface area contributed by atoms with Crippen LogP contribution in [-0.4, -0.2) is 37.1 Å². The molecule has 1 aromatic rings. The highest BCUT2D eigenvalue weighted by Gasteiger charge is 2.13. The van der Waals surface area contributed by atoms with Crippen molar-refractivity contribution in [1.82, 2.24) is 4.90 Å². The van der Waals surface area contributed by atoms with E-state index in [1.165, 1.54) is 24.1 Å². The number of rotatable bonds is 5. The summed E-state index contributed by atoms with van der Waals surface area (Å²) in [4.78, 5) is 12.8. The molecule has 0 radical (unpaired) electrons. The molecular formula is C13H18FNO3. The van der Waals surface area contributed by atoms with Crippen molar-refractivity contribution in [2.75, 3.05) is 21.2 Å². The molecule has 0 saturated heterocycles. The molecule has 1 atom stereocenters. The number of ether oxygens (including phenoxy) is 1. The number of amides is 1. The molecule has 0 aliphatic carbocycles. The average Bonchev–Trinajstić information content (AvgIpc) is 2.35.